The summed E-state index contributed by atoms with van der Waals surface area (Å²) in [5.41, 5.74) is -0.454. The lowest BCUT2D eigenvalue weighted by Gasteiger charge is -2.22. The van der Waals surface area contributed by atoms with Crippen LogP contribution in [0.4, 0.5) is 10.1 Å². The molecule has 1 aromatic rings. The van der Waals surface area contributed by atoms with Crippen LogP contribution in [0.1, 0.15) is 13.3 Å². The van der Waals surface area contributed by atoms with E-state index >= 15 is 0 Å². The molecular weight excluding hydrogens is 349 g/mol. The number of fused-ring (bicyclic) bond motifs is 1. The average Bonchev–Trinajstić information content (AvgIpc) is 3.23. The topological polar surface area (TPSA) is 55.8 Å². The second kappa shape index (κ2) is 5.81. The molecule has 4 atom stereocenters. The first kappa shape index (κ1) is 16.5. The number of nitrogens with zero attached hydrogens (tertiary/aromatic N) is 1. The minimum Gasteiger partial charge on any atom is -0.465 e. The number of hydrogen-bond donors (Lipinski definition) is 0. The Bertz CT molecular complexity index is 782. The molecule has 0 saturated carbocycles. The Kier molecular flexibility index (Phi) is 3.85. The van der Waals surface area contributed by atoms with E-state index in [2.05, 4.69) is 0 Å². The number of ether oxygens (including phenoxy) is 2. The van der Waals surface area contributed by atoms with Crippen LogP contribution in [0.2, 0.25) is 5.02 Å². The van der Waals surface area contributed by atoms with Gasteiger partial charge in [-0.2, -0.15) is 0 Å². The zero-order valence-corrected chi connectivity index (χ0v) is 14.3. The van der Waals surface area contributed by atoms with Crippen molar-refractivity contribution >= 4 is 29.2 Å². The Balaban J connectivity index is 1.65. The van der Waals surface area contributed by atoms with Crippen molar-refractivity contribution in [2.45, 2.75) is 25.0 Å². The molecule has 1 aromatic carbocycles. The molecule has 5 nitrogen and oxygen atoms in total. The van der Waals surface area contributed by atoms with Crippen molar-refractivity contribution in [1.29, 1.82) is 0 Å². The van der Waals surface area contributed by atoms with Crippen molar-refractivity contribution in [3.05, 3.63) is 41.2 Å². The fourth-order valence-corrected chi connectivity index (χ4v) is 4.06. The summed E-state index contributed by atoms with van der Waals surface area (Å²) in [4.78, 5) is 26.9. The monoisotopic (exact) mass is 365 g/mol. The largest absolute Gasteiger partial charge is 0.465 e. The van der Waals surface area contributed by atoms with E-state index in [0.717, 1.165) is 0 Å². The molecule has 4 rings (SSSR count). The number of hydrogen-bond acceptors (Lipinski definition) is 4. The van der Waals surface area contributed by atoms with Crippen LogP contribution in [0, 0.1) is 17.7 Å². The summed E-state index contributed by atoms with van der Waals surface area (Å²) in [6.07, 6.45) is 3.92. The molecule has 1 amide bonds. The molecule has 7 heteroatoms. The van der Waals surface area contributed by atoms with Gasteiger partial charge >= 0.3 is 5.97 Å². The summed E-state index contributed by atoms with van der Waals surface area (Å²) < 4.78 is 25.0. The normalized spacial score (nSPS) is 32.4. The number of rotatable bonds is 4. The quantitative estimate of drug-likeness (QED) is 0.608. The van der Waals surface area contributed by atoms with Crippen LogP contribution >= 0.6 is 11.6 Å². The first-order valence-corrected chi connectivity index (χ1v) is 8.65. The van der Waals surface area contributed by atoms with Gasteiger partial charge in [0.2, 0.25) is 5.91 Å². The molecule has 2 unspecified atom stereocenters. The van der Waals surface area contributed by atoms with Crippen LogP contribution in [0.25, 0.3) is 0 Å². The summed E-state index contributed by atoms with van der Waals surface area (Å²) >= 11 is 5.72. The van der Waals surface area contributed by atoms with Crippen LogP contribution < -0.4 is 4.90 Å². The Morgan fingerprint density at radius 3 is 3.04 bits per heavy atom. The van der Waals surface area contributed by atoms with Gasteiger partial charge in [0.15, 0.2) is 0 Å². The SMILES string of the molecule is CCCOC(=O)C1[C@H]2C=CC3(CN(c4ccc(Cl)c(F)c4)C(=O)[C@@H]13)O2. The second-order valence-corrected chi connectivity index (χ2v) is 7.00. The van der Waals surface area contributed by atoms with E-state index in [-0.39, 0.29) is 17.5 Å². The summed E-state index contributed by atoms with van der Waals surface area (Å²) in [5, 5.41) is -0.00755. The number of anilines is 1. The van der Waals surface area contributed by atoms with Crippen LogP contribution in [-0.4, -0.2) is 36.7 Å². The first-order chi connectivity index (χ1) is 12.0. The summed E-state index contributed by atoms with van der Waals surface area (Å²) in [6, 6.07) is 4.21. The first-order valence-electron chi connectivity index (χ1n) is 8.27. The van der Waals surface area contributed by atoms with Gasteiger partial charge in [-0.15, -0.1) is 0 Å². The van der Waals surface area contributed by atoms with Gasteiger partial charge in [0, 0.05) is 5.69 Å². The van der Waals surface area contributed by atoms with Crippen LogP contribution in [0.5, 0.6) is 0 Å². The maximum Gasteiger partial charge on any atom is 0.312 e. The molecule has 3 aliphatic heterocycles. The molecule has 2 fully saturated rings. The van der Waals surface area contributed by atoms with Gasteiger partial charge in [-0.3, -0.25) is 9.59 Å². The van der Waals surface area contributed by atoms with Crippen molar-refractivity contribution < 1.29 is 23.5 Å². The fourth-order valence-electron chi connectivity index (χ4n) is 3.94. The Hall–Kier alpha value is -1.92. The predicted molar refractivity (Wildman–Crippen MR) is 88.7 cm³/mol. The molecular formula is C18H17ClFNO4. The highest BCUT2D eigenvalue weighted by Crippen LogP contribution is 2.53. The van der Waals surface area contributed by atoms with Gasteiger partial charge in [-0.25, -0.2) is 4.39 Å². The molecule has 2 bridgehead atoms. The lowest BCUT2D eigenvalue weighted by Crippen LogP contribution is -2.40. The highest BCUT2D eigenvalue weighted by molar-refractivity contribution is 6.30. The maximum atomic E-state index is 13.8. The highest BCUT2D eigenvalue weighted by atomic mass is 35.5. The Labute approximate surface area is 149 Å². The van der Waals surface area contributed by atoms with E-state index in [1.165, 1.54) is 17.0 Å². The zero-order valence-electron chi connectivity index (χ0n) is 13.6. The minimum absolute atomic E-state index is 0.00755. The summed E-state index contributed by atoms with van der Waals surface area (Å²) in [6.45, 7) is 2.46. The number of amides is 1. The molecule has 3 heterocycles. The molecule has 0 aromatic heterocycles. The smallest absolute Gasteiger partial charge is 0.312 e. The Morgan fingerprint density at radius 2 is 2.32 bits per heavy atom. The summed E-state index contributed by atoms with van der Waals surface area (Å²) in [5.74, 6) is -2.58. The number of carbonyl (C=O) groups is 2. The molecule has 0 aliphatic carbocycles. The van der Waals surface area contributed by atoms with E-state index in [4.69, 9.17) is 21.1 Å². The molecule has 3 aliphatic rings. The fraction of sp³-hybridized carbons (Fsp3) is 0.444. The van der Waals surface area contributed by atoms with Crippen LogP contribution in [0.15, 0.2) is 30.4 Å². The van der Waals surface area contributed by atoms with Crippen molar-refractivity contribution in [2.75, 3.05) is 18.1 Å². The molecule has 25 heavy (non-hydrogen) atoms. The van der Waals surface area contributed by atoms with E-state index in [9.17, 15) is 14.0 Å². The number of esters is 1. The second-order valence-electron chi connectivity index (χ2n) is 6.59. The lowest BCUT2D eigenvalue weighted by molar-refractivity contribution is -0.152. The van der Waals surface area contributed by atoms with E-state index in [1.807, 2.05) is 19.1 Å². The number of halogens is 2. The van der Waals surface area contributed by atoms with Crippen molar-refractivity contribution in [2.24, 2.45) is 11.8 Å². The zero-order chi connectivity index (χ0) is 17.8. The van der Waals surface area contributed by atoms with Gasteiger partial charge in [-0.1, -0.05) is 30.7 Å². The Morgan fingerprint density at radius 1 is 1.52 bits per heavy atom. The number of benzene rings is 1. The standard InChI is InChI=1S/C18H17ClFNO4/c1-2-7-24-17(23)14-13-5-6-18(25-13)9-21(16(22)15(14)18)10-3-4-11(19)12(20)8-10/h3-6,8,13-15H,2,7,9H2,1H3/t13-,14?,15-,18?/m1/s1. The molecule has 0 N–H and O–H groups in total. The minimum atomic E-state index is -0.853. The van der Waals surface area contributed by atoms with Gasteiger partial charge in [0.25, 0.3) is 0 Å². The summed E-state index contributed by atoms with van der Waals surface area (Å²) in [7, 11) is 0. The molecule has 1 spiro atoms. The van der Waals surface area contributed by atoms with Crippen molar-refractivity contribution in [3.63, 3.8) is 0 Å². The van der Waals surface area contributed by atoms with Gasteiger partial charge < -0.3 is 14.4 Å². The van der Waals surface area contributed by atoms with E-state index in [0.29, 0.717) is 18.7 Å². The maximum absolute atomic E-state index is 13.8. The van der Waals surface area contributed by atoms with Gasteiger partial charge in [0.1, 0.15) is 17.3 Å². The van der Waals surface area contributed by atoms with Gasteiger partial charge in [0.05, 0.1) is 30.2 Å². The van der Waals surface area contributed by atoms with Crippen LogP contribution in [0.3, 0.4) is 0 Å². The van der Waals surface area contributed by atoms with Crippen molar-refractivity contribution in [1.82, 2.24) is 0 Å². The van der Waals surface area contributed by atoms with Crippen molar-refractivity contribution in [3.8, 4) is 0 Å². The average molecular weight is 366 g/mol. The van der Waals surface area contributed by atoms with E-state index < -0.39 is 35.3 Å². The molecule has 2 saturated heterocycles. The molecule has 132 valence electrons. The molecule has 0 radical (unpaired) electrons. The predicted octanol–water partition coefficient (Wildman–Crippen LogP) is 2.72. The lowest BCUT2D eigenvalue weighted by atomic mass is 9.77. The third-order valence-corrected chi connectivity index (χ3v) is 5.34. The highest BCUT2D eigenvalue weighted by Gasteiger charge is 2.67. The van der Waals surface area contributed by atoms with Gasteiger partial charge in [-0.05, 0) is 24.6 Å². The third-order valence-electron chi connectivity index (χ3n) is 5.04. The third kappa shape index (κ3) is 2.39. The number of carbonyl (C=O) groups excluding carboxylic acids is 2. The van der Waals surface area contributed by atoms with Crippen LogP contribution in [-0.2, 0) is 19.1 Å². The van der Waals surface area contributed by atoms with E-state index in [1.54, 1.807) is 6.07 Å².